The van der Waals surface area contributed by atoms with Crippen LogP contribution in [0, 0.1) is 0 Å². The molecule has 0 aliphatic carbocycles. The van der Waals surface area contributed by atoms with E-state index >= 15 is 0 Å². The van der Waals surface area contributed by atoms with Gasteiger partial charge in [-0.05, 0) is 43.4 Å². The highest BCUT2D eigenvalue weighted by Gasteiger charge is 2.19. The molecule has 0 radical (unpaired) electrons. The lowest BCUT2D eigenvalue weighted by molar-refractivity contribution is 0.595. The summed E-state index contributed by atoms with van der Waals surface area (Å²) in [5.41, 5.74) is 3.45. The molecular weight excluding hydrogens is 415 g/mol. The molecule has 0 saturated heterocycles. The van der Waals surface area contributed by atoms with Gasteiger partial charge in [0.1, 0.15) is 0 Å². The lowest BCUT2D eigenvalue weighted by atomic mass is 9.96. The van der Waals surface area contributed by atoms with Gasteiger partial charge in [-0.2, -0.15) is 5.10 Å². The van der Waals surface area contributed by atoms with Crippen molar-refractivity contribution in [2.24, 2.45) is 0 Å². The van der Waals surface area contributed by atoms with Gasteiger partial charge in [0.25, 0.3) is 0 Å². The van der Waals surface area contributed by atoms with Crippen LogP contribution < -0.4 is 0 Å². The van der Waals surface area contributed by atoms with Crippen molar-refractivity contribution in [1.29, 1.82) is 0 Å². The van der Waals surface area contributed by atoms with Crippen molar-refractivity contribution >= 4 is 43.5 Å². The molecule has 2 nitrogen and oxygen atoms in total. The fraction of sp³-hybridized carbons (Fsp3) is 0.438. The lowest BCUT2D eigenvalue weighted by Gasteiger charge is -2.16. The zero-order valence-corrected chi connectivity index (χ0v) is 16.2. The highest BCUT2D eigenvalue weighted by atomic mass is 79.9. The molecule has 114 valence electrons. The molecule has 0 fully saturated rings. The van der Waals surface area contributed by atoms with Gasteiger partial charge in [0.2, 0.25) is 0 Å². The number of hydrogen-bond acceptors (Lipinski definition) is 1. The van der Waals surface area contributed by atoms with Crippen LogP contribution in [0.15, 0.2) is 28.7 Å². The summed E-state index contributed by atoms with van der Waals surface area (Å²) < 4.78 is 3.14. The van der Waals surface area contributed by atoms with E-state index in [-0.39, 0.29) is 0 Å². The van der Waals surface area contributed by atoms with Gasteiger partial charge in [-0.3, -0.25) is 4.68 Å². The Morgan fingerprint density at radius 3 is 2.43 bits per heavy atom. The molecule has 0 aliphatic heterocycles. The predicted octanol–water partition coefficient (Wildman–Crippen LogP) is 5.60. The molecule has 0 bridgehead atoms. The smallest absolute Gasteiger partial charge is 0.0850 e. The summed E-state index contributed by atoms with van der Waals surface area (Å²) in [7, 11) is 0. The Labute approximate surface area is 148 Å². The van der Waals surface area contributed by atoms with Crippen LogP contribution in [0.1, 0.15) is 36.7 Å². The Kier molecular flexibility index (Phi) is 6.33. The van der Waals surface area contributed by atoms with E-state index in [1.807, 2.05) is 4.68 Å². The summed E-state index contributed by atoms with van der Waals surface area (Å²) in [5.74, 6) is 0.391. The number of alkyl halides is 1. The minimum absolute atomic E-state index is 0.391. The minimum atomic E-state index is 0.391. The number of hydrogen-bond donors (Lipinski definition) is 0. The van der Waals surface area contributed by atoms with E-state index in [0.717, 1.165) is 45.6 Å². The van der Waals surface area contributed by atoms with E-state index in [4.69, 9.17) is 11.6 Å². The SMILES string of the molecule is CCc1nn(CC)c(CC(CBr)c2ccc(Br)cc2)c1Cl. The molecule has 1 unspecified atom stereocenters. The van der Waals surface area contributed by atoms with Gasteiger partial charge in [-0.25, -0.2) is 0 Å². The highest BCUT2D eigenvalue weighted by Crippen LogP contribution is 2.29. The van der Waals surface area contributed by atoms with Crippen molar-refractivity contribution in [3.8, 4) is 0 Å². The van der Waals surface area contributed by atoms with E-state index in [1.165, 1.54) is 5.56 Å². The fourth-order valence-corrected chi connectivity index (χ4v) is 3.66. The first kappa shape index (κ1) is 17.0. The third-order valence-electron chi connectivity index (χ3n) is 3.66. The molecule has 5 heteroatoms. The van der Waals surface area contributed by atoms with Crippen LogP contribution >= 0.6 is 43.5 Å². The second-order valence-electron chi connectivity index (χ2n) is 4.98. The molecule has 0 N–H and O–H groups in total. The number of aryl methyl sites for hydroxylation is 2. The van der Waals surface area contributed by atoms with E-state index in [1.54, 1.807) is 0 Å². The van der Waals surface area contributed by atoms with Crippen LogP contribution in [0.5, 0.6) is 0 Å². The van der Waals surface area contributed by atoms with Gasteiger partial charge < -0.3 is 0 Å². The zero-order valence-electron chi connectivity index (χ0n) is 12.2. The van der Waals surface area contributed by atoms with Crippen molar-refractivity contribution in [3.05, 3.63) is 50.7 Å². The molecule has 21 heavy (non-hydrogen) atoms. The van der Waals surface area contributed by atoms with E-state index < -0.39 is 0 Å². The number of benzene rings is 1. The quantitative estimate of drug-likeness (QED) is 0.541. The van der Waals surface area contributed by atoms with Crippen LogP contribution in [-0.4, -0.2) is 15.1 Å². The molecule has 1 heterocycles. The summed E-state index contributed by atoms with van der Waals surface area (Å²) in [5, 5.41) is 6.34. The monoisotopic (exact) mass is 432 g/mol. The van der Waals surface area contributed by atoms with E-state index in [0.29, 0.717) is 5.92 Å². The number of aromatic nitrogens is 2. The Morgan fingerprint density at radius 2 is 1.90 bits per heavy atom. The summed E-state index contributed by atoms with van der Waals surface area (Å²) in [6.07, 6.45) is 1.77. The van der Waals surface area contributed by atoms with Crippen LogP contribution in [0.2, 0.25) is 5.02 Å². The molecule has 2 rings (SSSR count). The van der Waals surface area contributed by atoms with Crippen LogP contribution in [0.3, 0.4) is 0 Å². The Morgan fingerprint density at radius 1 is 1.24 bits per heavy atom. The molecule has 1 aromatic heterocycles. The topological polar surface area (TPSA) is 17.8 Å². The van der Waals surface area contributed by atoms with E-state index in [9.17, 15) is 0 Å². The fourth-order valence-electron chi connectivity index (χ4n) is 2.44. The van der Waals surface area contributed by atoms with Crippen molar-refractivity contribution < 1.29 is 0 Å². The average molecular weight is 435 g/mol. The standard InChI is InChI=1S/C16H19Br2ClN2/c1-3-14-16(19)15(21(4-2)20-14)9-12(10-17)11-5-7-13(18)8-6-11/h5-8,12H,3-4,9-10H2,1-2H3. The van der Waals surface area contributed by atoms with Gasteiger partial charge in [0.05, 0.1) is 16.4 Å². The number of rotatable bonds is 6. The molecule has 0 aliphatic rings. The third kappa shape index (κ3) is 3.91. The van der Waals surface area contributed by atoms with Crippen LogP contribution in [0.4, 0.5) is 0 Å². The third-order valence-corrected chi connectivity index (χ3v) is 5.41. The average Bonchev–Trinajstić information content (AvgIpc) is 2.81. The normalized spacial score (nSPS) is 12.6. The van der Waals surface area contributed by atoms with Crippen molar-refractivity contribution in [1.82, 2.24) is 9.78 Å². The predicted molar refractivity (Wildman–Crippen MR) is 96.7 cm³/mol. The second-order valence-corrected chi connectivity index (χ2v) is 6.92. The zero-order chi connectivity index (χ0) is 15.4. The summed E-state index contributed by atoms with van der Waals surface area (Å²) in [6.45, 7) is 5.05. The molecule has 0 saturated carbocycles. The van der Waals surface area contributed by atoms with Gasteiger partial charge in [-0.1, -0.05) is 62.5 Å². The van der Waals surface area contributed by atoms with E-state index in [2.05, 4.69) is 75.1 Å². The molecular formula is C16H19Br2ClN2. The Balaban J connectivity index is 2.30. The minimum Gasteiger partial charge on any atom is -0.268 e. The van der Waals surface area contributed by atoms with Gasteiger partial charge in [0, 0.05) is 16.3 Å². The molecule has 2 aromatic rings. The molecule has 1 aromatic carbocycles. The molecule has 0 amide bonds. The maximum atomic E-state index is 6.52. The van der Waals surface area contributed by atoms with Gasteiger partial charge in [-0.15, -0.1) is 0 Å². The largest absolute Gasteiger partial charge is 0.268 e. The number of halogens is 3. The lowest BCUT2D eigenvalue weighted by Crippen LogP contribution is -2.10. The Bertz CT molecular complexity index is 593. The van der Waals surface area contributed by atoms with Crippen molar-refractivity contribution in [2.45, 2.75) is 39.2 Å². The highest BCUT2D eigenvalue weighted by molar-refractivity contribution is 9.10. The second kappa shape index (κ2) is 7.80. The number of nitrogens with zero attached hydrogens (tertiary/aromatic N) is 2. The summed E-state index contributed by atoms with van der Waals surface area (Å²) in [6, 6.07) is 8.50. The van der Waals surface area contributed by atoms with Gasteiger partial charge >= 0.3 is 0 Å². The molecule has 0 spiro atoms. The first-order valence-corrected chi connectivity index (χ1v) is 9.45. The summed E-state index contributed by atoms with van der Waals surface area (Å²) in [4.78, 5) is 0. The maximum Gasteiger partial charge on any atom is 0.0850 e. The summed E-state index contributed by atoms with van der Waals surface area (Å²) >= 11 is 13.6. The Hall–Kier alpha value is -0.320. The van der Waals surface area contributed by atoms with Crippen molar-refractivity contribution in [2.75, 3.05) is 5.33 Å². The molecule has 1 atom stereocenters. The van der Waals surface area contributed by atoms with Crippen LogP contribution in [0.25, 0.3) is 0 Å². The van der Waals surface area contributed by atoms with Crippen LogP contribution in [-0.2, 0) is 19.4 Å². The first-order chi connectivity index (χ1) is 10.1. The van der Waals surface area contributed by atoms with Crippen molar-refractivity contribution in [3.63, 3.8) is 0 Å². The first-order valence-electron chi connectivity index (χ1n) is 7.16. The maximum absolute atomic E-state index is 6.52. The van der Waals surface area contributed by atoms with Gasteiger partial charge in [0.15, 0.2) is 0 Å².